The van der Waals surface area contributed by atoms with Crippen molar-refractivity contribution in [2.75, 3.05) is 6.26 Å². The third-order valence-electron chi connectivity index (χ3n) is 1.23. The van der Waals surface area contributed by atoms with Crippen molar-refractivity contribution in [2.45, 2.75) is 5.33 Å². The number of halogens is 1. The van der Waals surface area contributed by atoms with Crippen LogP contribution in [0.1, 0.15) is 5.76 Å². The van der Waals surface area contributed by atoms with Gasteiger partial charge in [-0.25, -0.2) is 0 Å². The molecule has 0 saturated carbocycles. The molecule has 0 unspecified atom stereocenters. The van der Waals surface area contributed by atoms with Crippen LogP contribution < -0.4 is 9.61 Å². The summed E-state index contributed by atoms with van der Waals surface area (Å²) in [6.45, 7) is 0. The van der Waals surface area contributed by atoms with Crippen molar-refractivity contribution in [2.24, 2.45) is 0 Å². The summed E-state index contributed by atoms with van der Waals surface area (Å²) in [5.41, 5.74) is -0.531. The fraction of sp³-hybridized carbons (Fsp3) is 0.286. The summed E-state index contributed by atoms with van der Waals surface area (Å²) < 4.78 is 30.7. The second kappa shape index (κ2) is 4.14. The van der Waals surface area contributed by atoms with Crippen molar-refractivity contribution in [1.29, 1.82) is 0 Å². The molecule has 1 aromatic heterocycles. The maximum Gasteiger partial charge on any atom is 0.306 e. The Labute approximate surface area is 88.9 Å². The van der Waals surface area contributed by atoms with Gasteiger partial charge in [0.15, 0.2) is 0 Å². The maximum atomic E-state index is 11.2. The number of rotatable bonds is 3. The summed E-state index contributed by atoms with van der Waals surface area (Å²) in [5.74, 6) is 0.0630. The van der Waals surface area contributed by atoms with Crippen LogP contribution in [0.4, 0.5) is 0 Å². The molecule has 78 valence electrons. The van der Waals surface area contributed by atoms with Crippen LogP contribution in [0.2, 0.25) is 0 Å². The second-order valence-electron chi connectivity index (χ2n) is 2.50. The van der Waals surface area contributed by atoms with Crippen molar-refractivity contribution in [3.05, 3.63) is 28.3 Å². The lowest BCUT2D eigenvalue weighted by atomic mass is 10.4. The minimum atomic E-state index is -3.69. The van der Waals surface area contributed by atoms with Crippen molar-refractivity contribution >= 4 is 26.0 Å². The zero-order valence-electron chi connectivity index (χ0n) is 7.19. The fourth-order valence-corrected chi connectivity index (χ4v) is 1.47. The van der Waals surface area contributed by atoms with Crippen LogP contribution in [-0.4, -0.2) is 14.7 Å². The Balaban J connectivity index is 3.08. The van der Waals surface area contributed by atoms with Gasteiger partial charge in [0, 0.05) is 6.07 Å². The lowest BCUT2D eigenvalue weighted by Gasteiger charge is -2.01. The van der Waals surface area contributed by atoms with Crippen molar-refractivity contribution < 1.29 is 17.0 Å². The third kappa shape index (κ3) is 3.15. The summed E-state index contributed by atoms with van der Waals surface area (Å²) in [7, 11) is -3.69. The SMILES string of the molecule is CS(=O)(=O)Oc1coc(CBr)cc1=O. The summed E-state index contributed by atoms with van der Waals surface area (Å²) in [5, 5.41) is 0.376. The fourth-order valence-electron chi connectivity index (χ4n) is 0.733. The molecular formula is C7H7BrO5S. The topological polar surface area (TPSA) is 73.6 Å². The van der Waals surface area contributed by atoms with E-state index in [1.54, 1.807) is 0 Å². The highest BCUT2D eigenvalue weighted by atomic mass is 79.9. The standard InChI is InChI=1S/C7H7BrO5S/c1-14(10,11)13-7-4-12-5(3-8)2-6(7)9/h2,4H,3H2,1H3. The predicted octanol–water partition coefficient (Wildman–Crippen LogP) is 0.873. The van der Waals surface area contributed by atoms with Crippen LogP contribution in [0.5, 0.6) is 5.75 Å². The smallest absolute Gasteiger partial charge is 0.306 e. The molecule has 0 amide bonds. The molecule has 0 aromatic carbocycles. The first-order valence-electron chi connectivity index (χ1n) is 3.49. The van der Waals surface area contributed by atoms with Gasteiger partial charge in [-0.2, -0.15) is 8.42 Å². The molecular weight excluding hydrogens is 276 g/mol. The van der Waals surface area contributed by atoms with Gasteiger partial charge in [0.1, 0.15) is 12.0 Å². The Morgan fingerprint density at radius 1 is 1.57 bits per heavy atom. The van der Waals surface area contributed by atoms with Crippen molar-refractivity contribution in [3.8, 4) is 5.75 Å². The van der Waals surface area contributed by atoms with E-state index in [9.17, 15) is 13.2 Å². The average molecular weight is 283 g/mol. The molecule has 1 aromatic rings. The quantitative estimate of drug-likeness (QED) is 0.608. The van der Waals surface area contributed by atoms with Gasteiger partial charge in [-0.1, -0.05) is 15.9 Å². The molecule has 14 heavy (non-hydrogen) atoms. The van der Waals surface area contributed by atoms with E-state index in [1.165, 1.54) is 0 Å². The predicted molar refractivity (Wildman–Crippen MR) is 53.1 cm³/mol. The molecule has 5 nitrogen and oxygen atoms in total. The monoisotopic (exact) mass is 282 g/mol. The van der Waals surface area contributed by atoms with E-state index >= 15 is 0 Å². The van der Waals surface area contributed by atoms with Crippen LogP contribution in [0.15, 0.2) is 21.5 Å². The van der Waals surface area contributed by atoms with Gasteiger partial charge in [0.2, 0.25) is 11.2 Å². The first-order valence-corrected chi connectivity index (χ1v) is 6.43. The molecule has 0 aliphatic rings. The van der Waals surface area contributed by atoms with Gasteiger partial charge in [-0.3, -0.25) is 4.79 Å². The molecule has 0 radical (unpaired) electrons. The van der Waals surface area contributed by atoms with Crippen LogP contribution >= 0.6 is 15.9 Å². The van der Waals surface area contributed by atoms with Gasteiger partial charge in [-0.15, -0.1) is 0 Å². The van der Waals surface area contributed by atoms with E-state index in [1.807, 2.05) is 0 Å². The molecule has 7 heteroatoms. The number of alkyl halides is 1. The van der Waals surface area contributed by atoms with E-state index in [2.05, 4.69) is 20.1 Å². The van der Waals surface area contributed by atoms with Crippen LogP contribution in [0, 0.1) is 0 Å². The second-order valence-corrected chi connectivity index (χ2v) is 4.63. The maximum absolute atomic E-state index is 11.2. The molecule has 0 fully saturated rings. The van der Waals surface area contributed by atoms with Gasteiger partial charge in [-0.05, 0) is 0 Å². The van der Waals surface area contributed by atoms with Crippen LogP contribution in [0.25, 0.3) is 0 Å². The van der Waals surface area contributed by atoms with E-state index in [-0.39, 0.29) is 5.75 Å². The summed E-state index contributed by atoms with van der Waals surface area (Å²) in [4.78, 5) is 11.2. The molecule has 0 aliphatic carbocycles. The van der Waals surface area contributed by atoms with Gasteiger partial charge >= 0.3 is 10.1 Å². The Morgan fingerprint density at radius 3 is 2.64 bits per heavy atom. The largest absolute Gasteiger partial charge is 0.464 e. The van der Waals surface area contributed by atoms with E-state index in [0.29, 0.717) is 11.1 Å². The Bertz CT molecular complexity index is 475. The van der Waals surface area contributed by atoms with Gasteiger partial charge < -0.3 is 8.60 Å². The third-order valence-corrected chi connectivity index (χ3v) is 2.26. The number of hydrogen-bond donors (Lipinski definition) is 0. The minimum Gasteiger partial charge on any atom is -0.464 e. The van der Waals surface area contributed by atoms with Gasteiger partial charge in [0.05, 0.1) is 11.6 Å². The zero-order valence-corrected chi connectivity index (χ0v) is 9.59. The summed E-state index contributed by atoms with van der Waals surface area (Å²) >= 11 is 3.09. The average Bonchev–Trinajstić information content (AvgIpc) is 2.06. The Hall–Kier alpha value is -0.820. The number of hydrogen-bond acceptors (Lipinski definition) is 5. The highest BCUT2D eigenvalue weighted by molar-refractivity contribution is 9.08. The molecule has 0 saturated heterocycles. The lowest BCUT2D eigenvalue weighted by molar-refractivity contribution is 0.450. The van der Waals surface area contributed by atoms with Crippen LogP contribution in [-0.2, 0) is 15.4 Å². The molecule has 0 spiro atoms. The minimum absolute atomic E-state index is 0.336. The lowest BCUT2D eigenvalue weighted by Crippen LogP contribution is -2.13. The van der Waals surface area contributed by atoms with E-state index in [0.717, 1.165) is 18.6 Å². The summed E-state index contributed by atoms with van der Waals surface area (Å²) in [6, 6.07) is 1.16. The van der Waals surface area contributed by atoms with E-state index < -0.39 is 15.5 Å². The van der Waals surface area contributed by atoms with Crippen molar-refractivity contribution in [1.82, 2.24) is 0 Å². The zero-order chi connectivity index (χ0) is 10.8. The molecule has 0 N–H and O–H groups in total. The normalized spacial score (nSPS) is 11.3. The first-order chi connectivity index (χ1) is 6.42. The Morgan fingerprint density at radius 2 is 2.21 bits per heavy atom. The van der Waals surface area contributed by atoms with Crippen molar-refractivity contribution in [3.63, 3.8) is 0 Å². The summed E-state index contributed by atoms with van der Waals surface area (Å²) in [6.07, 6.45) is 1.82. The highest BCUT2D eigenvalue weighted by Gasteiger charge is 2.09. The van der Waals surface area contributed by atoms with Gasteiger partial charge in [0.25, 0.3) is 0 Å². The van der Waals surface area contributed by atoms with E-state index in [4.69, 9.17) is 4.42 Å². The molecule has 1 rings (SSSR count). The molecule has 0 aliphatic heterocycles. The van der Waals surface area contributed by atoms with Crippen LogP contribution in [0.3, 0.4) is 0 Å². The Kier molecular flexibility index (Phi) is 3.33. The highest BCUT2D eigenvalue weighted by Crippen LogP contribution is 2.09. The molecule has 0 atom stereocenters. The molecule has 0 bridgehead atoms. The first kappa shape index (κ1) is 11.3. The molecule has 1 heterocycles.